The van der Waals surface area contributed by atoms with Crippen molar-refractivity contribution in [2.75, 3.05) is 5.32 Å². The van der Waals surface area contributed by atoms with Gasteiger partial charge in [0.25, 0.3) is 0 Å². The number of nitrogens with one attached hydrogen (secondary N) is 1. The first-order valence-corrected chi connectivity index (χ1v) is 5.54. The van der Waals surface area contributed by atoms with Gasteiger partial charge in [0.15, 0.2) is 0 Å². The van der Waals surface area contributed by atoms with Crippen LogP contribution in [-0.2, 0) is 7.05 Å². The van der Waals surface area contributed by atoms with E-state index >= 15 is 0 Å². The number of pyridine rings is 1. The quantitative estimate of drug-likeness (QED) is 0.751. The maximum absolute atomic E-state index is 12.8. The third kappa shape index (κ3) is 1.79. The van der Waals surface area contributed by atoms with Gasteiger partial charge in [0.1, 0.15) is 11.6 Å². The largest absolute Gasteiger partial charge is 0.313 e. The summed E-state index contributed by atoms with van der Waals surface area (Å²) in [6.07, 6.45) is 1.17. The Bertz CT molecular complexity index is 688. The van der Waals surface area contributed by atoms with Crippen LogP contribution in [0.25, 0.3) is 11.0 Å². The second kappa shape index (κ2) is 4.10. The van der Waals surface area contributed by atoms with Gasteiger partial charge in [-0.2, -0.15) is 0 Å². The highest BCUT2D eigenvalue weighted by atomic mass is 19.1. The molecule has 0 amide bonds. The minimum absolute atomic E-state index is 0.356. The second-order valence-electron chi connectivity index (χ2n) is 3.97. The lowest BCUT2D eigenvalue weighted by Crippen LogP contribution is -2.00. The summed E-state index contributed by atoms with van der Waals surface area (Å²) >= 11 is 0. The van der Waals surface area contributed by atoms with E-state index in [0.29, 0.717) is 11.8 Å². The molecule has 90 valence electrons. The van der Waals surface area contributed by atoms with Gasteiger partial charge in [-0.05, 0) is 24.3 Å². The SMILES string of the molecule is Cn1c(Nc2ccc(F)cn2)nc2ccccc21. The van der Waals surface area contributed by atoms with Crippen LogP contribution in [-0.4, -0.2) is 14.5 Å². The van der Waals surface area contributed by atoms with E-state index in [1.165, 1.54) is 12.3 Å². The number of benzene rings is 1. The number of hydrogen-bond acceptors (Lipinski definition) is 3. The fourth-order valence-corrected chi connectivity index (χ4v) is 1.82. The Kier molecular flexibility index (Phi) is 2.44. The van der Waals surface area contributed by atoms with Crippen molar-refractivity contribution < 1.29 is 4.39 Å². The van der Waals surface area contributed by atoms with E-state index in [9.17, 15) is 4.39 Å². The third-order valence-electron chi connectivity index (χ3n) is 2.75. The molecule has 3 rings (SSSR count). The number of imidazole rings is 1. The Morgan fingerprint density at radius 2 is 2.00 bits per heavy atom. The van der Waals surface area contributed by atoms with Crippen molar-refractivity contribution in [3.63, 3.8) is 0 Å². The lowest BCUT2D eigenvalue weighted by Gasteiger charge is -2.04. The maximum atomic E-state index is 12.8. The summed E-state index contributed by atoms with van der Waals surface area (Å²) in [5.41, 5.74) is 1.94. The minimum Gasteiger partial charge on any atom is -0.313 e. The van der Waals surface area contributed by atoms with Crippen molar-refractivity contribution in [1.29, 1.82) is 0 Å². The van der Waals surface area contributed by atoms with Crippen LogP contribution in [0.5, 0.6) is 0 Å². The first-order valence-electron chi connectivity index (χ1n) is 5.54. The molecule has 1 N–H and O–H groups in total. The highest BCUT2D eigenvalue weighted by Crippen LogP contribution is 2.20. The zero-order valence-corrected chi connectivity index (χ0v) is 9.76. The molecule has 5 heteroatoms. The van der Waals surface area contributed by atoms with Gasteiger partial charge >= 0.3 is 0 Å². The molecule has 0 fully saturated rings. The molecule has 4 nitrogen and oxygen atoms in total. The molecule has 0 aliphatic carbocycles. The molecule has 0 radical (unpaired) electrons. The predicted octanol–water partition coefficient (Wildman–Crippen LogP) is 2.85. The predicted molar refractivity (Wildman–Crippen MR) is 68.2 cm³/mol. The maximum Gasteiger partial charge on any atom is 0.209 e. The van der Waals surface area contributed by atoms with Crippen LogP contribution in [0.2, 0.25) is 0 Å². The molecule has 0 saturated heterocycles. The number of aromatic nitrogens is 3. The second-order valence-corrected chi connectivity index (χ2v) is 3.97. The number of rotatable bonds is 2. The number of fused-ring (bicyclic) bond motifs is 1. The van der Waals surface area contributed by atoms with Crippen LogP contribution >= 0.6 is 0 Å². The van der Waals surface area contributed by atoms with E-state index in [1.807, 2.05) is 35.9 Å². The highest BCUT2D eigenvalue weighted by Gasteiger charge is 2.07. The average molecular weight is 242 g/mol. The van der Waals surface area contributed by atoms with Gasteiger partial charge in [-0.15, -0.1) is 0 Å². The standard InChI is InChI=1S/C13H11FN4/c1-18-11-5-3-2-4-10(11)16-13(18)17-12-7-6-9(14)8-15-12/h2-8H,1H3,(H,15,16,17). The number of aryl methyl sites for hydroxylation is 1. The Morgan fingerprint density at radius 3 is 2.72 bits per heavy atom. The van der Waals surface area contributed by atoms with E-state index in [0.717, 1.165) is 11.0 Å². The van der Waals surface area contributed by atoms with Crippen LogP contribution in [0.15, 0.2) is 42.6 Å². The lowest BCUT2D eigenvalue weighted by molar-refractivity contribution is 0.622. The average Bonchev–Trinajstić information content (AvgIpc) is 2.70. The Hall–Kier alpha value is -2.43. The van der Waals surface area contributed by atoms with Crippen molar-refractivity contribution in [3.8, 4) is 0 Å². The number of halogens is 1. The zero-order chi connectivity index (χ0) is 12.5. The summed E-state index contributed by atoms with van der Waals surface area (Å²) in [7, 11) is 1.92. The van der Waals surface area contributed by atoms with Gasteiger partial charge < -0.3 is 9.88 Å². The van der Waals surface area contributed by atoms with Crippen molar-refractivity contribution in [3.05, 3.63) is 48.4 Å². The summed E-state index contributed by atoms with van der Waals surface area (Å²) < 4.78 is 14.7. The summed E-state index contributed by atoms with van der Waals surface area (Å²) in [5, 5.41) is 3.06. The van der Waals surface area contributed by atoms with Gasteiger partial charge in [0, 0.05) is 7.05 Å². The van der Waals surface area contributed by atoms with Crippen molar-refractivity contribution in [2.24, 2.45) is 7.05 Å². The van der Waals surface area contributed by atoms with Crippen LogP contribution in [0.3, 0.4) is 0 Å². The van der Waals surface area contributed by atoms with E-state index < -0.39 is 0 Å². The van der Waals surface area contributed by atoms with E-state index in [4.69, 9.17) is 0 Å². The molecule has 0 saturated carbocycles. The normalized spacial score (nSPS) is 10.8. The number of para-hydroxylation sites is 2. The van der Waals surface area contributed by atoms with E-state index in [-0.39, 0.29) is 5.82 Å². The van der Waals surface area contributed by atoms with Crippen LogP contribution in [0.1, 0.15) is 0 Å². The molecule has 0 aliphatic rings. The first kappa shape index (κ1) is 10.7. The first-order chi connectivity index (χ1) is 8.74. The Labute approximate surface area is 103 Å². The number of hydrogen-bond donors (Lipinski definition) is 1. The van der Waals surface area contributed by atoms with E-state index in [2.05, 4.69) is 15.3 Å². The van der Waals surface area contributed by atoms with Gasteiger partial charge in [0.2, 0.25) is 5.95 Å². The summed E-state index contributed by atoms with van der Waals surface area (Å²) in [5.74, 6) is 0.885. The van der Waals surface area contributed by atoms with Gasteiger partial charge in [-0.25, -0.2) is 14.4 Å². The van der Waals surface area contributed by atoms with Crippen molar-refractivity contribution in [1.82, 2.24) is 14.5 Å². The molecule has 0 atom stereocenters. The van der Waals surface area contributed by atoms with Gasteiger partial charge in [-0.1, -0.05) is 12.1 Å². The van der Waals surface area contributed by atoms with Gasteiger partial charge in [-0.3, -0.25) is 0 Å². The molecule has 3 aromatic rings. The molecular weight excluding hydrogens is 231 g/mol. The number of anilines is 2. The Balaban J connectivity index is 1.99. The zero-order valence-electron chi connectivity index (χ0n) is 9.76. The van der Waals surface area contributed by atoms with Crippen LogP contribution < -0.4 is 5.32 Å². The molecule has 18 heavy (non-hydrogen) atoms. The van der Waals surface area contributed by atoms with Crippen LogP contribution in [0, 0.1) is 5.82 Å². The molecule has 0 spiro atoms. The monoisotopic (exact) mass is 242 g/mol. The molecule has 0 aliphatic heterocycles. The van der Waals surface area contributed by atoms with Gasteiger partial charge in [0.05, 0.1) is 17.2 Å². The topological polar surface area (TPSA) is 42.7 Å². The lowest BCUT2D eigenvalue weighted by atomic mass is 10.3. The minimum atomic E-state index is -0.356. The highest BCUT2D eigenvalue weighted by molar-refractivity contribution is 5.79. The number of nitrogens with zero attached hydrogens (tertiary/aromatic N) is 3. The molecule has 1 aromatic carbocycles. The summed E-state index contributed by atoms with van der Waals surface area (Å²) in [4.78, 5) is 8.39. The third-order valence-corrected chi connectivity index (χ3v) is 2.75. The molecule has 0 bridgehead atoms. The Morgan fingerprint density at radius 1 is 1.17 bits per heavy atom. The van der Waals surface area contributed by atoms with Crippen LogP contribution in [0.4, 0.5) is 16.2 Å². The van der Waals surface area contributed by atoms with Crippen molar-refractivity contribution in [2.45, 2.75) is 0 Å². The van der Waals surface area contributed by atoms with Crippen molar-refractivity contribution >= 4 is 22.8 Å². The summed E-state index contributed by atoms with van der Waals surface area (Å²) in [6.45, 7) is 0. The molecule has 2 heterocycles. The molecule has 0 unspecified atom stereocenters. The summed E-state index contributed by atoms with van der Waals surface area (Å²) in [6, 6.07) is 10.8. The fourth-order valence-electron chi connectivity index (χ4n) is 1.82. The van der Waals surface area contributed by atoms with E-state index in [1.54, 1.807) is 6.07 Å². The molecule has 2 aromatic heterocycles. The molecular formula is C13H11FN4. The smallest absolute Gasteiger partial charge is 0.209 e. The fraction of sp³-hybridized carbons (Fsp3) is 0.0769.